The lowest BCUT2D eigenvalue weighted by Crippen LogP contribution is -2.54. The summed E-state index contributed by atoms with van der Waals surface area (Å²) >= 11 is 12.3. The summed E-state index contributed by atoms with van der Waals surface area (Å²) in [6, 6.07) is -2.24. The molecule has 0 radical (unpaired) electrons. The molecule has 0 aromatic heterocycles. The molecule has 0 aliphatic carbocycles. The number of thiol groups is 3. The van der Waals surface area contributed by atoms with E-state index in [0.717, 1.165) is 5.70 Å². The van der Waals surface area contributed by atoms with Crippen molar-refractivity contribution in [1.29, 1.82) is 0 Å². The Balaban J connectivity index is 1.97. The van der Waals surface area contributed by atoms with Crippen molar-refractivity contribution in [2.75, 3.05) is 274 Å². The number of benzene rings is 1. The first kappa shape index (κ1) is 112. The Morgan fingerprint density at radius 2 is 0.746 bits per heavy atom. The number of rotatable bonds is 86. The van der Waals surface area contributed by atoms with Gasteiger partial charge >= 0.3 is 5.97 Å². The molecular weight excluding hydrogens is 1690 g/mol. The monoisotopic (exact) mass is 1820 g/mol. The minimum atomic E-state index is -2.40. The highest BCUT2D eigenvalue weighted by Gasteiger charge is 2.30. The Bertz CT molecular complexity index is 3000. The summed E-state index contributed by atoms with van der Waals surface area (Å²) in [5.74, 6) is -3.99. The van der Waals surface area contributed by atoms with Crippen LogP contribution in [-0.2, 0) is 109 Å². The molecule has 0 saturated carbocycles. The largest absolute Gasteiger partial charge is 0.420 e. The Labute approximate surface area is 727 Å². The van der Waals surface area contributed by atoms with Gasteiger partial charge in [-0.05, 0) is 44.9 Å². The molecule has 47 heteroatoms. The fourth-order valence-corrected chi connectivity index (χ4v) is 10.3. The second-order valence-corrected chi connectivity index (χ2v) is 27.2. The molecule has 0 saturated heterocycles. The molecule has 0 bridgehead atoms. The number of nitrogens with one attached hydrogen (secondary N) is 12. The van der Waals surface area contributed by atoms with Gasteiger partial charge in [-0.1, -0.05) is 0 Å². The highest BCUT2D eigenvalue weighted by Crippen LogP contribution is 2.29. The zero-order valence-corrected chi connectivity index (χ0v) is 72.4. The van der Waals surface area contributed by atoms with Crippen molar-refractivity contribution in [3.63, 3.8) is 0 Å². The lowest BCUT2D eigenvalue weighted by Gasteiger charge is -2.23. The zero-order chi connectivity index (χ0) is 88.8. The standard InChI is InChI=1S/C75H132F5N15O24S3/c76-68-69(77)71(79)73(72(80)70(68)78)119-67(100)12-23-106-31-36-111-38-39-112-37-34-109-26-18-88-74(101)61(6-1-3-13-85-64(97)10-21-105-30-35-110-27-19-95-54-60(93-94-95)57-118-45-42-115-48-51-122)90-75(102)62(7-2-4-14-86-63(96)9-20-103-28-32-107-24-16-83-52-58(91-81)55-116-43-40-113-46-49-120)89-66(99)8-5-15-87-65(98)11-22-104-29-33-108-25-17-84-53-59(92-82)56-117-44-41-114-47-50-121/h52-54,61-62,83-84,91-94,120-122H,1-51,55-57,81-82H2,(H,85,97)(H,86,96)(H,87,98)(H,88,101)(H,89,99)(H,90,102)/b58-52-,59-53-/t61-,62-/m0/s1. The highest BCUT2D eigenvalue weighted by atomic mass is 32.1. The van der Waals surface area contributed by atoms with E-state index in [-0.39, 0.29) is 195 Å². The zero-order valence-electron chi connectivity index (χ0n) is 69.7. The van der Waals surface area contributed by atoms with Crippen LogP contribution in [-0.4, -0.2) is 333 Å². The Hall–Kier alpha value is -6.53. The predicted molar refractivity (Wildman–Crippen MR) is 446 cm³/mol. The molecular formula is C75H132F5N15O24S3. The number of halogens is 5. The topological polar surface area (TPSA) is 476 Å². The molecule has 2 rings (SSSR count). The second-order valence-electron chi connectivity index (χ2n) is 25.9. The van der Waals surface area contributed by atoms with Crippen molar-refractivity contribution in [3.05, 3.63) is 64.8 Å². The second kappa shape index (κ2) is 79.1. The summed E-state index contributed by atoms with van der Waals surface area (Å²) < 4.78 is 160. The van der Waals surface area contributed by atoms with E-state index in [0.29, 0.717) is 180 Å². The van der Waals surface area contributed by atoms with E-state index in [1.807, 2.05) is 11.2 Å². The maximum Gasteiger partial charge on any atom is 0.313 e. The molecule has 1 aromatic rings. The first-order valence-corrected chi connectivity index (χ1v) is 42.6. The number of amides is 6. The van der Waals surface area contributed by atoms with Gasteiger partial charge in [0.1, 0.15) is 12.1 Å². The van der Waals surface area contributed by atoms with Gasteiger partial charge in [0.15, 0.2) is 0 Å². The van der Waals surface area contributed by atoms with Crippen LogP contribution in [0.1, 0.15) is 77.0 Å². The Kier molecular flexibility index (Phi) is 72.4. The molecule has 1 aliphatic heterocycles. The molecule has 39 nitrogen and oxygen atoms in total. The normalized spacial score (nSPS) is 12.7. The maximum atomic E-state index is 14.4. The molecule has 122 heavy (non-hydrogen) atoms. The third-order valence-corrected chi connectivity index (χ3v) is 16.7. The number of ether oxygens (including phenoxy) is 17. The number of hydrazine groups is 4. The molecule has 1 aliphatic rings. The fraction of sp³-hybridized carbons (Fsp3) is 0.747. The highest BCUT2D eigenvalue weighted by molar-refractivity contribution is 7.80. The van der Waals surface area contributed by atoms with Crippen LogP contribution in [0.15, 0.2) is 35.7 Å². The van der Waals surface area contributed by atoms with Crippen LogP contribution in [0.5, 0.6) is 5.75 Å². The Morgan fingerprint density at radius 1 is 0.377 bits per heavy atom. The molecule has 1 aromatic carbocycles. The number of esters is 1. The number of nitrogens with two attached hydrogens (primary N) is 2. The minimum Gasteiger partial charge on any atom is -0.420 e. The van der Waals surface area contributed by atoms with Crippen molar-refractivity contribution < 1.29 is 136 Å². The lowest BCUT2D eigenvalue weighted by atomic mass is 10.0. The fourth-order valence-electron chi connectivity index (χ4n) is 9.86. The van der Waals surface area contributed by atoms with E-state index in [1.165, 1.54) is 0 Å². The average molecular weight is 1820 g/mol. The van der Waals surface area contributed by atoms with Gasteiger partial charge in [-0.2, -0.15) is 46.7 Å². The summed E-state index contributed by atoms with van der Waals surface area (Å²) in [6.45, 7) is 10.9. The minimum absolute atomic E-state index is 0.0211. The van der Waals surface area contributed by atoms with E-state index in [9.17, 15) is 55.5 Å². The van der Waals surface area contributed by atoms with E-state index in [4.69, 9.17) is 87.5 Å². The lowest BCUT2D eigenvalue weighted by molar-refractivity contribution is -0.136. The molecule has 704 valence electrons. The number of unbranched alkanes of at least 4 members (excludes halogenated alkanes) is 2. The van der Waals surface area contributed by atoms with Crippen LogP contribution in [0.2, 0.25) is 0 Å². The van der Waals surface area contributed by atoms with Gasteiger partial charge in [-0.15, -0.1) is 5.53 Å². The SMILES string of the molecule is NN/C(=C\NCCOCCOCCC(=O)NCCCC[C@H](NC(=O)CCCNC(=O)CCOCCOCCN/C=C(/COCCOCCS)NN)C(=O)N[C@@H](CCCCNC(=O)CCOCCOCCN1C=C(COCCOCCS)NN1)C(=O)NCCOCCOCCOCCOCCC(=O)Oc1c(F)c(F)c(F)c(F)c1F)COCCOCCS. The van der Waals surface area contributed by atoms with Crippen molar-refractivity contribution in [3.8, 4) is 5.75 Å². The van der Waals surface area contributed by atoms with Crippen LogP contribution in [0, 0.1) is 29.1 Å². The summed E-state index contributed by atoms with van der Waals surface area (Å²) in [5.41, 5.74) is 13.3. The maximum absolute atomic E-state index is 14.4. The summed E-state index contributed by atoms with van der Waals surface area (Å²) in [5, 5.41) is 24.9. The van der Waals surface area contributed by atoms with E-state index in [1.54, 1.807) is 12.4 Å². The first-order valence-electron chi connectivity index (χ1n) is 40.7. The molecule has 0 fully saturated rings. The third-order valence-electron chi connectivity index (χ3n) is 16.2. The van der Waals surface area contributed by atoms with Crippen molar-refractivity contribution >= 4 is 79.3 Å². The predicted octanol–water partition coefficient (Wildman–Crippen LogP) is -0.587. The summed E-state index contributed by atoms with van der Waals surface area (Å²) in [6.07, 6.45) is 6.86. The van der Waals surface area contributed by atoms with Gasteiger partial charge in [-0.25, -0.2) is 13.2 Å². The van der Waals surface area contributed by atoms with Crippen molar-refractivity contribution in [2.45, 2.75) is 89.1 Å². The smallest absolute Gasteiger partial charge is 0.313 e. The number of nitrogens with zero attached hydrogens (tertiary/aromatic N) is 1. The van der Waals surface area contributed by atoms with Gasteiger partial charge in [-0.3, -0.25) is 50.3 Å². The van der Waals surface area contributed by atoms with Crippen molar-refractivity contribution in [1.82, 2.24) is 69.4 Å². The van der Waals surface area contributed by atoms with Gasteiger partial charge in [0.05, 0.1) is 241 Å². The van der Waals surface area contributed by atoms with Gasteiger partial charge in [0.25, 0.3) is 0 Å². The van der Waals surface area contributed by atoms with E-state index in [2.05, 4.69) is 107 Å². The van der Waals surface area contributed by atoms with Gasteiger partial charge < -0.3 is 139 Å². The number of hydrogen-bond donors (Lipinski definition) is 17. The quantitative estimate of drug-likeness (QED) is 0.00446. The van der Waals surface area contributed by atoms with Gasteiger partial charge in [0, 0.05) is 101 Å². The van der Waals surface area contributed by atoms with E-state index >= 15 is 0 Å². The van der Waals surface area contributed by atoms with Crippen LogP contribution in [0.4, 0.5) is 22.0 Å². The average Bonchev–Trinajstić information content (AvgIpc) is 0.895. The van der Waals surface area contributed by atoms with E-state index < -0.39 is 77.0 Å². The summed E-state index contributed by atoms with van der Waals surface area (Å²) in [4.78, 5) is 92.1. The van der Waals surface area contributed by atoms with Crippen LogP contribution < -0.4 is 80.8 Å². The summed E-state index contributed by atoms with van der Waals surface area (Å²) in [7, 11) is 0. The molecule has 1 heterocycles. The third kappa shape index (κ3) is 61.7. The molecule has 0 unspecified atom stereocenters. The number of hydrogen-bond acceptors (Lipinski definition) is 36. The van der Waals surface area contributed by atoms with Gasteiger partial charge in [0.2, 0.25) is 70.3 Å². The molecule has 0 spiro atoms. The molecule has 6 amide bonds. The van der Waals surface area contributed by atoms with Crippen LogP contribution >= 0.6 is 37.9 Å². The van der Waals surface area contributed by atoms with Crippen molar-refractivity contribution in [2.24, 2.45) is 11.7 Å². The molecule has 16 N–H and O–H groups in total. The first-order chi connectivity index (χ1) is 59.5. The molecule has 2 atom stereocenters. The van der Waals surface area contributed by atoms with Crippen LogP contribution in [0.25, 0.3) is 0 Å². The Morgan fingerprint density at radius 3 is 1.19 bits per heavy atom. The number of carbonyl (C=O) groups is 7. The number of carbonyl (C=O) groups excluding carboxylic acids is 7. The van der Waals surface area contributed by atoms with Crippen LogP contribution in [0.3, 0.4) is 0 Å².